The summed E-state index contributed by atoms with van der Waals surface area (Å²) < 4.78 is 6.40. The minimum Gasteiger partial charge on any atom is -0.490 e. The van der Waals surface area contributed by atoms with Gasteiger partial charge in [-0.15, -0.1) is 0 Å². The lowest BCUT2D eigenvalue weighted by Crippen LogP contribution is -2.71. The van der Waals surface area contributed by atoms with Crippen LogP contribution in [0.2, 0.25) is 0 Å². The number of carbonyl (C=O) groups is 3. The molecule has 0 spiro atoms. The Balaban J connectivity index is 2.45. The maximum atomic E-state index is 15.3. The van der Waals surface area contributed by atoms with Crippen LogP contribution in [0.3, 0.4) is 0 Å². The van der Waals surface area contributed by atoms with E-state index >= 15 is 4.79 Å². The molecular weight excluding hydrogens is 532 g/mol. The lowest BCUT2D eigenvalue weighted by Gasteiger charge is -2.61. The fourth-order valence-electron chi connectivity index (χ4n) is 7.51. The zero-order valence-corrected chi connectivity index (χ0v) is 27.7. The van der Waals surface area contributed by atoms with Crippen LogP contribution >= 0.6 is 0 Å². The van der Waals surface area contributed by atoms with Crippen molar-refractivity contribution in [3.63, 3.8) is 0 Å². The first-order chi connectivity index (χ1) is 19.1. The first-order valence-corrected chi connectivity index (χ1v) is 15.5. The molecule has 3 rings (SSSR count). The Bertz CT molecular complexity index is 1200. The highest BCUT2D eigenvalue weighted by molar-refractivity contribution is 6.33. The van der Waals surface area contributed by atoms with E-state index in [1.54, 1.807) is 41.5 Å². The number of hydrogen-bond acceptors (Lipinski definition) is 7. The van der Waals surface area contributed by atoms with Gasteiger partial charge in [0.1, 0.15) is 11.9 Å². The number of aliphatic hydroxyl groups is 3. The lowest BCUT2D eigenvalue weighted by atomic mass is 9.37. The molecule has 0 unspecified atom stereocenters. The largest absolute Gasteiger partial charge is 0.490 e. The molecule has 1 fully saturated rings. The van der Waals surface area contributed by atoms with Gasteiger partial charge in [-0.25, -0.2) is 0 Å². The summed E-state index contributed by atoms with van der Waals surface area (Å²) in [5.74, 6) is -2.13. The van der Waals surface area contributed by atoms with Crippen LogP contribution in [0.1, 0.15) is 115 Å². The van der Waals surface area contributed by atoms with Crippen molar-refractivity contribution in [3.05, 3.63) is 34.6 Å². The molecule has 0 aromatic rings. The van der Waals surface area contributed by atoms with Crippen molar-refractivity contribution in [2.75, 3.05) is 0 Å². The zero-order chi connectivity index (χ0) is 32.2. The third-order valence-corrected chi connectivity index (χ3v) is 10.2. The molecule has 0 aromatic carbocycles. The molecule has 0 amide bonds. The van der Waals surface area contributed by atoms with Crippen molar-refractivity contribution in [1.29, 1.82) is 0 Å². The topological polar surface area (TPSA) is 121 Å². The number of rotatable bonds is 11. The molecular formula is C35H54O7. The van der Waals surface area contributed by atoms with Crippen molar-refractivity contribution < 1.29 is 34.4 Å². The summed E-state index contributed by atoms with van der Waals surface area (Å²) in [5.41, 5.74) is -4.73. The Morgan fingerprint density at radius 1 is 1.05 bits per heavy atom. The number of hydrogen-bond donors (Lipinski definition) is 3. The molecule has 6 atom stereocenters. The van der Waals surface area contributed by atoms with Crippen LogP contribution in [0.4, 0.5) is 0 Å². The van der Waals surface area contributed by atoms with Gasteiger partial charge in [-0.05, 0) is 98.8 Å². The number of Topliss-reactive ketones (excluding diaryl/α,β-unsaturated/α-hetero) is 3. The second kappa shape index (κ2) is 11.4. The van der Waals surface area contributed by atoms with Crippen LogP contribution in [-0.4, -0.2) is 56.1 Å². The molecule has 3 N–H and O–H groups in total. The van der Waals surface area contributed by atoms with Gasteiger partial charge in [-0.3, -0.25) is 14.4 Å². The highest BCUT2D eigenvalue weighted by Crippen LogP contribution is 2.69. The minimum atomic E-state index is -1.98. The summed E-state index contributed by atoms with van der Waals surface area (Å²) in [6, 6.07) is 0. The molecule has 7 heteroatoms. The van der Waals surface area contributed by atoms with E-state index in [2.05, 4.69) is 6.08 Å². The molecule has 2 bridgehead atoms. The molecule has 0 radical (unpaired) electrons. The second-order valence-corrected chi connectivity index (χ2v) is 15.3. The van der Waals surface area contributed by atoms with Gasteiger partial charge < -0.3 is 20.1 Å². The van der Waals surface area contributed by atoms with E-state index < -0.39 is 68.8 Å². The maximum absolute atomic E-state index is 15.3. The molecule has 2 aliphatic carbocycles. The standard InChI is InChI=1S/C35H54O7/c1-20(2)13-12-15-33(11)23(17-25(36)31(7,8)40)19-34(16-14-21(3)4)29-24(18-26(42-29)32(9,10)41)28(38)35(33,30(34)39)27(37)22(5)6/h13-14,22-23,25-26,36,40-41H,12,15-19H2,1-11H3/t23-,25-,26-,33+,34-,35+/m1/s1. The van der Waals surface area contributed by atoms with E-state index in [0.29, 0.717) is 18.4 Å². The van der Waals surface area contributed by atoms with Crippen LogP contribution in [-0.2, 0) is 19.1 Å². The van der Waals surface area contributed by atoms with Crippen molar-refractivity contribution in [3.8, 4) is 0 Å². The molecule has 0 saturated heterocycles. The first-order valence-electron chi connectivity index (χ1n) is 15.5. The van der Waals surface area contributed by atoms with Gasteiger partial charge in [0, 0.05) is 17.9 Å². The van der Waals surface area contributed by atoms with Crippen LogP contribution < -0.4 is 0 Å². The van der Waals surface area contributed by atoms with Gasteiger partial charge in [-0.2, -0.15) is 0 Å². The summed E-state index contributed by atoms with van der Waals surface area (Å²) >= 11 is 0. The summed E-state index contributed by atoms with van der Waals surface area (Å²) in [4.78, 5) is 44.9. The van der Waals surface area contributed by atoms with Crippen molar-refractivity contribution in [2.45, 2.75) is 138 Å². The van der Waals surface area contributed by atoms with Crippen LogP contribution in [0.5, 0.6) is 0 Å². The number of ether oxygens (including phenoxy) is 1. The van der Waals surface area contributed by atoms with E-state index in [4.69, 9.17) is 4.74 Å². The third kappa shape index (κ3) is 5.50. The Hall–Kier alpha value is -2.09. The molecule has 0 aromatic heterocycles. The van der Waals surface area contributed by atoms with Gasteiger partial charge in [0.05, 0.1) is 22.7 Å². The quantitative estimate of drug-likeness (QED) is 0.207. The lowest BCUT2D eigenvalue weighted by molar-refractivity contribution is -0.184. The fraction of sp³-hybridized carbons (Fsp3) is 0.743. The molecule has 7 nitrogen and oxygen atoms in total. The van der Waals surface area contributed by atoms with Gasteiger partial charge in [0.15, 0.2) is 22.8 Å². The molecule has 236 valence electrons. The van der Waals surface area contributed by atoms with Crippen LogP contribution in [0.25, 0.3) is 0 Å². The SMILES string of the molecule is CC(C)=CCC[C@@]1(C)[C@H](C[C@@H](O)C(C)(C)O)C[C@@]2(CC=C(C)C)C(=O)[C@]1(C(=O)C(C)C)C(=O)C1=C2O[C@@H](C(C)(C)O)C1. The highest BCUT2D eigenvalue weighted by atomic mass is 16.5. The number of aliphatic hydroxyl groups excluding tert-OH is 1. The summed E-state index contributed by atoms with van der Waals surface area (Å²) in [7, 11) is 0. The Labute approximate surface area is 252 Å². The summed E-state index contributed by atoms with van der Waals surface area (Å²) in [6.45, 7) is 19.5. The van der Waals surface area contributed by atoms with Crippen molar-refractivity contribution >= 4 is 17.3 Å². The highest BCUT2D eigenvalue weighted by Gasteiger charge is 2.77. The first kappa shape index (κ1) is 34.4. The maximum Gasteiger partial charge on any atom is 0.184 e. The summed E-state index contributed by atoms with van der Waals surface area (Å²) in [6.07, 6.45) is 3.78. The van der Waals surface area contributed by atoms with E-state index in [-0.39, 0.29) is 31.4 Å². The number of fused-ring (bicyclic) bond motifs is 3. The molecule has 1 aliphatic heterocycles. The monoisotopic (exact) mass is 586 g/mol. The van der Waals surface area contributed by atoms with Crippen molar-refractivity contribution in [2.24, 2.45) is 28.1 Å². The van der Waals surface area contributed by atoms with Crippen LogP contribution in [0.15, 0.2) is 34.6 Å². The van der Waals surface area contributed by atoms with Gasteiger partial charge in [0.2, 0.25) is 0 Å². The average molecular weight is 587 g/mol. The smallest absolute Gasteiger partial charge is 0.184 e. The average Bonchev–Trinajstić information content (AvgIpc) is 3.30. The van der Waals surface area contributed by atoms with E-state index in [0.717, 1.165) is 11.1 Å². The van der Waals surface area contributed by atoms with Gasteiger partial charge >= 0.3 is 0 Å². The van der Waals surface area contributed by atoms with E-state index in [9.17, 15) is 24.9 Å². The normalized spacial score (nSPS) is 32.0. The second-order valence-electron chi connectivity index (χ2n) is 15.3. The molecule has 42 heavy (non-hydrogen) atoms. The molecule has 1 saturated carbocycles. The Morgan fingerprint density at radius 3 is 2.10 bits per heavy atom. The fourth-order valence-corrected chi connectivity index (χ4v) is 7.51. The molecule has 1 heterocycles. The molecule has 3 aliphatic rings. The summed E-state index contributed by atoms with van der Waals surface area (Å²) in [5, 5.41) is 33.0. The number of ketones is 3. The van der Waals surface area contributed by atoms with Gasteiger partial charge in [-0.1, -0.05) is 44.1 Å². The van der Waals surface area contributed by atoms with E-state index in [1.165, 1.54) is 0 Å². The van der Waals surface area contributed by atoms with Gasteiger partial charge in [0.25, 0.3) is 0 Å². The third-order valence-electron chi connectivity index (χ3n) is 10.2. The van der Waals surface area contributed by atoms with E-state index in [1.807, 2.05) is 40.7 Å². The predicted molar refractivity (Wildman–Crippen MR) is 163 cm³/mol. The Kier molecular flexibility index (Phi) is 9.37. The zero-order valence-electron chi connectivity index (χ0n) is 27.7. The van der Waals surface area contributed by atoms with Crippen molar-refractivity contribution in [1.82, 2.24) is 0 Å². The minimum absolute atomic E-state index is 0.108. The number of allylic oxidation sites excluding steroid dienone is 5. The Morgan fingerprint density at radius 2 is 1.62 bits per heavy atom. The number of carbonyl (C=O) groups excluding carboxylic acids is 3. The van der Waals surface area contributed by atoms with Crippen LogP contribution in [0, 0.1) is 28.1 Å². The predicted octanol–water partition coefficient (Wildman–Crippen LogP) is 5.80.